The van der Waals surface area contributed by atoms with E-state index in [1.165, 1.54) is 22.2 Å². The van der Waals surface area contributed by atoms with Crippen molar-refractivity contribution >= 4 is 50.8 Å². The molecular weight excluding hydrogens is 402 g/mol. The maximum Gasteiger partial charge on any atom is 0.262 e. The highest BCUT2D eigenvalue weighted by Crippen LogP contribution is 2.35. The molecular formula is C19H18ClN3O2S2. The van der Waals surface area contributed by atoms with Gasteiger partial charge in [0.15, 0.2) is 5.16 Å². The standard InChI is InChI=1S/C19H18ClN3O2S2/c1-23-18(25)16-12-6-4-8-14(12)27-17(16)22-19(23)26-10-15(24)21-9-11-5-2-3-7-13(11)20/h2-3,5,7H,4,6,8-10H2,1H3,(H,21,24). The van der Waals surface area contributed by atoms with Crippen LogP contribution in [0.25, 0.3) is 10.2 Å². The number of carbonyl (C=O) groups excluding carboxylic acids is 1. The Morgan fingerprint density at radius 1 is 1.37 bits per heavy atom. The van der Waals surface area contributed by atoms with Crippen molar-refractivity contribution in [3.8, 4) is 0 Å². The Hall–Kier alpha value is -1.83. The van der Waals surface area contributed by atoms with E-state index in [1.54, 1.807) is 29.0 Å². The molecule has 4 rings (SSSR count). The number of aromatic nitrogens is 2. The Labute approximate surface area is 169 Å². The third-order valence-electron chi connectivity index (χ3n) is 4.67. The van der Waals surface area contributed by atoms with E-state index in [0.717, 1.165) is 35.0 Å². The van der Waals surface area contributed by atoms with Crippen LogP contribution < -0.4 is 10.9 Å². The molecule has 0 spiro atoms. The number of halogens is 1. The normalized spacial score (nSPS) is 13.1. The van der Waals surface area contributed by atoms with E-state index in [-0.39, 0.29) is 17.2 Å². The monoisotopic (exact) mass is 419 g/mol. The van der Waals surface area contributed by atoms with Gasteiger partial charge in [0.1, 0.15) is 4.83 Å². The van der Waals surface area contributed by atoms with E-state index in [0.29, 0.717) is 16.7 Å². The molecule has 1 N–H and O–H groups in total. The molecule has 2 heterocycles. The molecule has 0 saturated heterocycles. The van der Waals surface area contributed by atoms with Crippen LogP contribution in [0.1, 0.15) is 22.4 Å². The summed E-state index contributed by atoms with van der Waals surface area (Å²) in [7, 11) is 1.72. The number of hydrogen-bond donors (Lipinski definition) is 1. The Morgan fingerprint density at radius 2 is 2.19 bits per heavy atom. The molecule has 0 bridgehead atoms. The first-order valence-electron chi connectivity index (χ1n) is 8.69. The lowest BCUT2D eigenvalue weighted by molar-refractivity contribution is -0.118. The third kappa shape index (κ3) is 3.63. The summed E-state index contributed by atoms with van der Waals surface area (Å²) in [4.78, 5) is 31.7. The summed E-state index contributed by atoms with van der Waals surface area (Å²) >= 11 is 8.99. The predicted molar refractivity (Wildman–Crippen MR) is 111 cm³/mol. The van der Waals surface area contributed by atoms with Gasteiger partial charge >= 0.3 is 0 Å². The number of carbonyl (C=O) groups is 1. The number of amides is 1. The quantitative estimate of drug-likeness (QED) is 0.507. The van der Waals surface area contributed by atoms with Crippen molar-refractivity contribution < 1.29 is 4.79 Å². The fourth-order valence-electron chi connectivity index (χ4n) is 3.25. The third-order valence-corrected chi connectivity index (χ3v) is 7.26. The van der Waals surface area contributed by atoms with Crippen molar-refractivity contribution in [1.82, 2.24) is 14.9 Å². The van der Waals surface area contributed by atoms with Crippen LogP contribution in [0.5, 0.6) is 0 Å². The second kappa shape index (κ2) is 7.66. The van der Waals surface area contributed by atoms with Crippen molar-refractivity contribution in [3.63, 3.8) is 0 Å². The number of thiophene rings is 1. The van der Waals surface area contributed by atoms with Gasteiger partial charge in [-0.15, -0.1) is 11.3 Å². The van der Waals surface area contributed by atoms with Crippen LogP contribution in [-0.4, -0.2) is 21.2 Å². The Morgan fingerprint density at radius 3 is 3.00 bits per heavy atom. The van der Waals surface area contributed by atoms with Crippen molar-refractivity contribution in [1.29, 1.82) is 0 Å². The highest BCUT2D eigenvalue weighted by molar-refractivity contribution is 7.99. The lowest BCUT2D eigenvalue weighted by Crippen LogP contribution is -2.26. The molecule has 1 aromatic carbocycles. The topological polar surface area (TPSA) is 64.0 Å². The molecule has 1 aliphatic carbocycles. The average Bonchev–Trinajstić information content (AvgIpc) is 3.23. The van der Waals surface area contributed by atoms with E-state index in [1.807, 2.05) is 18.2 Å². The zero-order valence-electron chi connectivity index (χ0n) is 14.8. The van der Waals surface area contributed by atoms with Gasteiger partial charge in [0, 0.05) is 23.5 Å². The first-order chi connectivity index (χ1) is 13.0. The van der Waals surface area contributed by atoms with Crippen molar-refractivity contribution in [2.75, 3.05) is 5.75 Å². The molecule has 8 heteroatoms. The smallest absolute Gasteiger partial charge is 0.262 e. The molecule has 0 saturated carbocycles. The average molecular weight is 420 g/mol. The van der Waals surface area contributed by atoms with Crippen molar-refractivity contribution in [2.45, 2.75) is 31.0 Å². The molecule has 1 amide bonds. The van der Waals surface area contributed by atoms with E-state index in [4.69, 9.17) is 11.6 Å². The summed E-state index contributed by atoms with van der Waals surface area (Å²) in [6.45, 7) is 0.377. The minimum Gasteiger partial charge on any atom is -0.351 e. The maximum atomic E-state index is 12.8. The molecule has 3 aromatic rings. The van der Waals surface area contributed by atoms with Crippen LogP contribution in [0, 0.1) is 0 Å². The minimum absolute atomic E-state index is 0.0154. The molecule has 0 fully saturated rings. The number of rotatable bonds is 5. The molecule has 1 aliphatic rings. The number of aryl methyl sites for hydroxylation is 2. The van der Waals surface area contributed by atoms with Gasteiger partial charge in [-0.3, -0.25) is 14.2 Å². The Balaban J connectivity index is 1.46. The van der Waals surface area contributed by atoms with Crippen LogP contribution in [0.4, 0.5) is 0 Å². The van der Waals surface area contributed by atoms with Crippen LogP contribution in [0.2, 0.25) is 5.02 Å². The molecule has 0 aliphatic heterocycles. The van der Waals surface area contributed by atoms with Crippen molar-refractivity contribution in [3.05, 3.63) is 55.6 Å². The van der Waals surface area contributed by atoms with Gasteiger partial charge in [-0.2, -0.15) is 0 Å². The summed E-state index contributed by atoms with van der Waals surface area (Å²) in [6, 6.07) is 7.41. The molecule has 2 aromatic heterocycles. The number of nitrogens with zero attached hydrogens (tertiary/aromatic N) is 2. The van der Waals surface area contributed by atoms with Gasteiger partial charge in [-0.05, 0) is 36.5 Å². The number of benzene rings is 1. The van der Waals surface area contributed by atoms with Crippen molar-refractivity contribution in [2.24, 2.45) is 7.05 Å². The molecule has 27 heavy (non-hydrogen) atoms. The molecule has 0 unspecified atom stereocenters. The number of hydrogen-bond acceptors (Lipinski definition) is 5. The SMILES string of the molecule is Cn1c(SCC(=O)NCc2ccccc2Cl)nc2sc3c(c2c1=O)CCC3. The van der Waals surface area contributed by atoms with Crippen LogP contribution in [0.15, 0.2) is 34.2 Å². The largest absolute Gasteiger partial charge is 0.351 e. The van der Waals surface area contributed by atoms with Crippen LogP contribution in [-0.2, 0) is 31.2 Å². The van der Waals surface area contributed by atoms with Gasteiger partial charge in [0.2, 0.25) is 5.91 Å². The van der Waals surface area contributed by atoms with E-state index < -0.39 is 0 Å². The van der Waals surface area contributed by atoms with Gasteiger partial charge in [-0.25, -0.2) is 4.98 Å². The molecule has 5 nitrogen and oxygen atoms in total. The maximum absolute atomic E-state index is 12.8. The van der Waals surface area contributed by atoms with Gasteiger partial charge < -0.3 is 5.32 Å². The number of thioether (sulfide) groups is 1. The van der Waals surface area contributed by atoms with Gasteiger partial charge in [-0.1, -0.05) is 41.6 Å². The zero-order valence-corrected chi connectivity index (χ0v) is 17.1. The summed E-state index contributed by atoms with van der Waals surface area (Å²) in [5, 5.41) is 4.82. The summed E-state index contributed by atoms with van der Waals surface area (Å²) in [5.41, 5.74) is 2.04. The first-order valence-corrected chi connectivity index (χ1v) is 10.9. The Bertz CT molecular complexity index is 1090. The predicted octanol–water partition coefficient (Wildman–Crippen LogP) is 3.55. The second-order valence-corrected chi connectivity index (χ2v) is 8.89. The molecule has 140 valence electrons. The fourth-order valence-corrected chi connectivity index (χ4v) is 5.56. The summed E-state index contributed by atoms with van der Waals surface area (Å²) in [5.74, 6) is 0.0735. The highest BCUT2D eigenvalue weighted by Gasteiger charge is 2.22. The number of nitrogens with one attached hydrogen (secondary N) is 1. The zero-order chi connectivity index (χ0) is 19.0. The minimum atomic E-state index is -0.122. The van der Waals surface area contributed by atoms with E-state index in [2.05, 4.69) is 10.3 Å². The van der Waals surface area contributed by atoms with Gasteiger partial charge in [0.05, 0.1) is 11.1 Å². The molecule has 0 radical (unpaired) electrons. The van der Waals surface area contributed by atoms with Crippen LogP contribution >= 0.6 is 34.7 Å². The molecule has 0 atom stereocenters. The van der Waals surface area contributed by atoms with E-state index >= 15 is 0 Å². The summed E-state index contributed by atoms with van der Waals surface area (Å²) in [6.07, 6.45) is 3.11. The summed E-state index contributed by atoms with van der Waals surface area (Å²) < 4.78 is 1.56. The van der Waals surface area contributed by atoms with E-state index in [9.17, 15) is 9.59 Å². The Kier molecular flexibility index (Phi) is 5.25. The second-order valence-electron chi connectivity index (χ2n) is 6.45. The fraction of sp³-hybridized carbons (Fsp3) is 0.316. The lowest BCUT2D eigenvalue weighted by Gasteiger charge is -2.09. The number of fused-ring (bicyclic) bond motifs is 3. The lowest BCUT2D eigenvalue weighted by atomic mass is 10.2. The first kappa shape index (κ1) is 18.5. The van der Waals surface area contributed by atoms with Gasteiger partial charge in [0.25, 0.3) is 5.56 Å². The van der Waals surface area contributed by atoms with Crippen LogP contribution in [0.3, 0.4) is 0 Å². The highest BCUT2D eigenvalue weighted by atomic mass is 35.5.